The van der Waals surface area contributed by atoms with Crippen LogP contribution >= 0.6 is 23.4 Å². The van der Waals surface area contributed by atoms with Crippen LogP contribution in [0.1, 0.15) is 0 Å². The monoisotopic (exact) mass is 1700 g/mol. The minimum absolute atomic E-state index is 0. The van der Waals surface area contributed by atoms with Gasteiger partial charge in [-0.15, -0.1) is 0 Å². The van der Waals surface area contributed by atoms with E-state index >= 15 is 0 Å². The van der Waals surface area contributed by atoms with Gasteiger partial charge in [-0.3, -0.25) is 29.9 Å². The standard InChI is InChI=1S/2C19H12N5.2C12H8N2.C4H4N2.3F6P.2Ru/c2*1-2-7-13-12(6-1)21-18(22-13)16-10-5-11-17(20-16)19-23-14-8-3-4-9-15(14)24-19;2*1-3-9-5-6-10-4-2-8-14-12(10)11(9)13-7-1;1-2-6-4-3-5-1;3*1-7(2,3,4,5)6;;/h2*1-11H,(H-,21,22,23,24);2*1-8H;1-4H;;;;;/q2*-1;;;;3*-1;+2;+3. The number of nitrogens with zero attached hydrogens (tertiary/aromatic N) is 14. The van der Waals surface area contributed by atoms with Crippen LogP contribution in [0.4, 0.5) is 75.5 Å². The van der Waals surface area contributed by atoms with Gasteiger partial charge in [0, 0.05) is 71.1 Å². The van der Waals surface area contributed by atoms with Crippen molar-refractivity contribution in [1.29, 1.82) is 0 Å². The van der Waals surface area contributed by atoms with Gasteiger partial charge in [0.05, 0.1) is 55.5 Å². The van der Waals surface area contributed by atoms with Crippen molar-refractivity contribution in [2.75, 3.05) is 0 Å². The normalized spacial score (nSPS) is 13.2. The predicted molar refractivity (Wildman–Crippen MR) is 364 cm³/mol. The molecule has 1 radical (unpaired) electrons. The molecule has 0 amide bonds. The third kappa shape index (κ3) is 27.2. The quantitative estimate of drug-likeness (QED) is 0.0726. The Morgan fingerprint density at radius 3 is 0.800 bits per heavy atom. The van der Waals surface area contributed by atoms with E-state index in [1.807, 2.05) is 158 Å². The van der Waals surface area contributed by atoms with E-state index in [1.54, 1.807) is 49.6 Å². The molecule has 17 aromatic rings. The summed E-state index contributed by atoms with van der Waals surface area (Å²) in [5, 5.41) is 4.55. The van der Waals surface area contributed by atoms with Gasteiger partial charge in [-0.1, -0.05) is 133 Å². The van der Waals surface area contributed by atoms with Crippen molar-refractivity contribution in [2.24, 2.45) is 0 Å². The first kappa shape index (κ1) is 80.2. The van der Waals surface area contributed by atoms with Crippen LogP contribution in [-0.2, 0) is 39.0 Å². The van der Waals surface area contributed by atoms with Gasteiger partial charge >= 0.3 is 138 Å². The smallest absolute Gasteiger partial charge is 0.434 e. The van der Waals surface area contributed by atoms with Crippen molar-refractivity contribution in [1.82, 2.24) is 79.7 Å². The second-order valence-corrected chi connectivity index (χ2v) is 27.0. The molecule has 6 aromatic carbocycles. The van der Waals surface area contributed by atoms with Crippen LogP contribution in [0.15, 0.2) is 256 Å². The maximum atomic E-state index is 9.87. The topological polar surface area (TPSA) is 214 Å². The molecule has 0 aliphatic heterocycles. The van der Waals surface area contributed by atoms with Crippen molar-refractivity contribution in [2.45, 2.75) is 0 Å². The number of halogens is 18. The van der Waals surface area contributed by atoms with Crippen LogP contribution in [0.2, 0.25) is 0 Å². The van der Waals surface area contributed by atoms with Gasteiger partial charge in [0.25, 0.3) is 0 Å². The van der Waals surface area contributed by atoms with E-state index in [2.05, 4.69) is 128 Å². The number of H-pyrrole nitrogens is 2. The fraction of sp³-hybridized carbons (Fsp3) is 0. The van der Waals surface area contributed by atoms with Crippen LogP contribution in [0.3, 0.4) is 0 Å². The number of rotatable bonds is 4. The number of hydrogen-bond donors (Lipinski definition) is 2. The van der Waals surface area contributed by atoms with E-state index in [-0.39, 0.29) is 39.0 Å². The molecule has 0 spiro atoms. The summed E-state index contributed by atoms with van der Waals surface area (Å²) in [6.07, 6.45) is 13.8. The molecule has 2 N–H and O–H groups in total. The number of hydrogen-bond acceptors (Lipinski definition) is 12. The van der Waals surface area contributed by atoms with E-state index in [0.29, 0.717) is 11.6 Å². The number of imidazole rings is 4. The molecule has 17 rings (SSSR count). The van der Waals surface area contributed by atoms with Crippen molar-refractivity contribution in [3.63, 3.8) is 0 Å². The number of nitrogens with one attached hydrogen (secondary N) is 2. The van der Waals surface area contributed by atoms with Crippen LogP contribution in [0, 0.1) is 0 Å². The zero-order chi connectivity index (χ0) is 74.1. The molecule has 0 atom stereocenters. The SMILES string of the molecule is F[P-](F)(F)(F)(F)F.F[P-](F)(F)(F)(F)F.F[P-](F)(F)(F)(F)F.[Ru+2].[Ru+3].c1cc(-c2nc3ccccc3[n-]2)nc(-c2nc3ccccc3[nH]2)c1.c1cc(-c2nc3ccccc3[n-]2)nc(-c2nc3ccccc3[nH]2)c1.c1cnc2c(c1)ccc1cccnc12.c1cnc2c(c1)ccc1cccnc12.c1cnccn1. The molecule has 39 heteroatoms. The van der Waals surface area contributed by atoms with Crippen LogP contribution in [0.5, 0.6) is 0 Å². The fourth-order valence-corrected chi connectivity index (χ4v) is 9.19. The molecule has 0 aliphatic rings. The summed E-state index contributed by atoms with van der Waals surface area (Å²) in [6.45, 7) is 0. The molecule has 545 valence electrons. The number of para-hydroxylation sites is 8. The predicted octanol–water partition coefficient (Wildman–Crippen LogP) is 23.8. The Bertz CT molecular complexity index is 4990. The zero-order valence-corrected chi connectivity index (χ0v) is 58.5. The first-order valence-corrected chi connectivity index (χ1v) is 35.3. The third-order valence-electron chi connectivity index (χ3n) is 13.1. The fourth-order valence-electron chi connectivity index (χ4n) is 9.19. The van der Waals surface area contributed by atoms with E-state index < -0.39 is 23.4 Å². The Labute approximate surface area is 604 Å². The van der Waals surface area contributed by atoms with Gasteiger partial charge in [-0.05, 0) is 107 Å². The van der Waals surface area contributed by atoms with Gasteiger partial charge in [-0.25, -0.2) is 19.9 Å². The summed E-state index contributed by atoms with van der Waals surface area (Å²) >= 11 is 0. The molecular formula is C66H44F18N16P3Ru2. The van der Waals surface area contributed by atoms with Gasteiger partial charge in [0.2, 0.25) is 0 Å². The van der Waals surface area contributed by atoms with Gasteiger partial charge in [-0.2, -0.15) is 0 Å². The molecule has 0 unspecified atom stereocenters. The van der Waals surface area contributed by atoms with E-state index in [1.165, 1.54) is 0 Å². The first-order chi connectivity index (χ1) is 48.0. The van der Waals surface area contributed by atoms with E-state index in [0.717, 1.165) is 122 Å². The molecule has 16 nitrogen and oxygen atoms in total. The van der Waals surface area contributed by atoms with Crippen molar-refractivity contribution in [3.05, 3.63) is 256 Å². The number of pyridine rings is 6. The molecule has 105 heavy (non-hydrogen) atoms. The number of benzene rings is 6. The second kappa shape index (κ2) is 29.6. The summed E-state index contributed by atoms with van der Waals surface area (Å²) in [7, 11) is -32.0. The second-order valence-electron chi connectivity index (χ2n) is 21.3. The van der Waals surface area contributed by atoms with Crippen LogP contribution in [-0.4, -0.2) is 69.8 Å². The molecule has 0 fully saturated rings. The minimum atomic E-state index is -10.7. The Hall–Kier alpha value is -10.5. The summed E-state index contributed by atoms with van der Waals surface area (Å²) in [6, 6.07) is 67.4. The molecular weight excluding hydrogens is 1650 g/mol. The molecule has 0 saturated heterocycles. The van der Waals surface area contributed by atoms with Crippen molar-refractivity contribution < 1.29 is 115 Å². The largest absolute Gasteiger partial charge is 3.00 e. The Kier molecular flexibility index (Phi) is 22.6. The summed E-state index contributed by atoms with van der Waals surface area (Å²) in [5.74, 6) is 2.76. The first-order valence-electron chi connectivity index (χ1n) is 29.2. The number of fused-ring (bicyclic) bond motifs is 10. The number of aromatic nitrogens is 16. The van der Waals surface area contributed by atoms with Gasteiger partial charge < -0.3 is 29.9 Å². The van der Waals surface area contributed by atoms with Crippen molar-refractivity contribution >= 4 is 111 Å². The van der Waals surface area contributed by atoms with Gasteiger partial charge in [0.15, 0.2) is 11.6 Å². The Balaban J connectivity index is 0.000000160. The molecule has 0 saturated carbocycles. The molecule has 11 heterocycles. The average Bonchev–Trinajstić information content (AvgIpc) is 1.80. The maximum Gasteiger partial charge on any atom is 3.00 e. The third-order valence-corrected chi connectivity index (χ3v) is 13.1. The van der Waals surface area contributed by atoms with E-state index in [4.69, 9.17) is 0 Å². The Morgan fingerprint density at radius 2 is 0.524 bits per heavy atom. The van der Waals surface area contributed by atoms with E-state index in [9.17, 15) is 75.5 Å². The Morgan fingerprint density at radius 1 is 0.257 bits per heavy atom. The number of aromatic amines is 2. The minimum Gasteiger partial charge on any atom is -0.434 e. The summed E-state index contributed by atoms with van der Waals surface area (Å²) in [4.78, 5) is 68.2. The van der Waals surface area contributed by atoms with Crippen LogP contribution < -0.4 is 9.97 Å². The zero-order valence-electron chi connectivity index (χ0n) is 52.4. The molecule has 0 bridgehead atoms. The van der Waals surface area contributed by atoms with Crippen LogP contribution in [0.25, 0.3) is 134 Å². The maximum absolute atomic E-state index is 10.7. The summed E-state index contributed by atoms with van der Waals surface area (Å²) < 4.78 is 178. The molecule has 0 aliphatic carbocycles. The summed E-state index contributed by atoms with van der Waals surface area (Å²) in [5.41, 5.74) is 14.3. The van der Waals surface area contributed by atoms with Gasteiger partial charge in [0.1, 0.15) is 11.4 Å². The molecule has 11 aromatic heterocycles. The van der Waals surface area contributed by atoms with Crippen molar-refractivity contribution in [3.8, 4) is 46.1 Å². The average molecular weight is 1700 g/mol.